The van der Waals surface area contributed by atoms with Crippen molar-refractivity contribution in [3.8, 4) is 6.07 Å². The summed E-state index contributed by atoms with van der Waals surface area (Å²) < 4.78 is 44.0. The van der Waals surface area contributed by atoms with Gasteiger partial charge in [-0.3, -0.25) is 4.79 Å². The molecule has 0 aromatic heterocycles. The quantitative estimate of drug-likeness (QED) is 0.854. The number of ether oxygens (including phenoxy) is 1. The zero-order chi connectivity index (χ0) is 16.0. The third kappa shape index (κ3) is 5.49. The Morgan fingerprint density at radius 1 is 1.43 bits per heavy atom. The van der Waals surface area contributed by atoms with Crippen LogP contribution >= 0.6 is 0 Å². The number of rotatable bonds is 6. The minimum atomic E-state index is -4.21. The van der Waals surface area contributed by atoms with Gasteiger partial charge in [0, 0.05) is 0 Å². The predicted molar refractivity (Wildman–Crippen MR) is 72.1 cm³/mol. The van der Waals surface area contributed by atoms with Gasteiger partial charge in [-0.1, -0.05) is 0 Å². The third-order valence-electron chi connectivity index (χ3n) is 2.34. The molecule has 0 fully saturated rings. The van der Waals surface area contributed by atoms with E-state index < -0.39 is 26.6 Å². The lowest BCUT2D eigenvalue weighted by Gasteiger charge is -2.09. The molecule has 0 aliphatic heterocycles. The van der Waals surface area contributed by atoms with Crippen LogP contribution in [0.3, 0.4) is 0 Å². The Bertz CT molecular complexity index is 665. The van der Waals surface area contributed by atoms with Crippen molar-refractivity contribution in [1.82, 2.24) is 4.72 Å². The van der Waals surface area contributed by atoms with Crippen LogP contribution in [-0.4, -0.2) is 27.0 Å². The zero-order valence-electron chi connectivity index (χ0n) is 11.6. The highest BCUT2D eigenvalue weighted by atomic mass is 32.2. The fourth-order valence-corrected chi connectivity index (χ4v) is 2.50. The lowest BCUT2D eigenvalue weighted by atomic mass is 10.2. The second-order valence-electron chi connectivity index (χ2n) is 4.49. The summed E-state index contributed by atoms with van der Waals surface area (Å²) in [4.78, 5) is 11.0. The van der Waals surface area contributed by atoms with Gasteiger partial charge in [-0.25, -0.2) is 17.5 Å². The standard InChI is InChI=1S/C13H15FN2O4S/c1-9(2)20-4-3-13(17)16-21(18,19)12-6-10(8-15)5-11(14)7-12/h5-7,9H,3-4H2,1-2H3,(H,16,17). The molecule has 0 aliphatic carbocycles. The van der Waals surface area contributed by atoms with E-state index in [-0.39, 0.29) is 24.7 Å². The number of carbonyl (C=O) groups excluding carboxylic acids is 1. The van der Waals surface area contributed by atoms with Gasteiger partial charge in [0.1, 0.15) is 5.82 Å². The van der Waals surface area contributed by atoms with Crippen LogP contribution in [0.1, 0.15) is 25.8 Å². The molecule has 21 heavy (non-hydrogen) atoms. The van der Waals surface area contributed by atoms with Crippen LogP contribution in [0.25, 0.3) is 0 Å². The first-order chi connectivity index (χ1) is 9.74. The van der Waals surface area contributed by atoms with E-state index in [2.05, 4.69) is 0 Å². The van der Waals surface area contributed by atoms with Crippen molar-refractivity contribution < 1.29 is 22.3 Å². The molecule has 114 valence electrons. The Hall–Kier alpha value is -1.98. The van der Waals surface area contributed by atoms with Crippen LogP contribution < -0.4 is 4.72 Å². The molecule has 0 heterocycles. The molecule has 8 heteroatoms. The number of nitriles is 1. The molecule has 1 aromatic carbocycles. The Morgan fingerprint density at radius 3 is 2.67 bits per heavy atom. The van der Waals surface area contributed by atoms with E-state index >= 15 is 0 Å². The monoisotopic (exact) mass is 314 g/mol. The average Bonchev–Trinajstić information content (AvgIpc) is 2.36. The molecule has 0 aliphatic rings. The van der Waals surface area contributed by atoms with Crippen molar-refractivity contribution >= 4 is 15.9 Å². The molecule has 0 bridgehead atoms. The van der Waals surface area contributed by atoms with Gasteiger partial charge < -0.3 is 4.74 Å². The molecule has 6 nitrogen and oxygen atoms in total. The first-order valence-corrected chi connectivity index (χ1v) is 7.61. The van der Waals surface area contributed by atoms with E-state index in [0.717, 1.165) is 18.2 Å². The topological polar surface area (TPSA) is 96.3 Å². The van der Waals surface area contributed by atoms with Gasteiger partial charge in [0.05, 0.1) is 35.7 Å². The molecule has 0 radical (unpaired) electrons. The minimum absolute atomic E-state index is 0.0733. The van der Waals surface area contributed by atoms with E-state index in [1.807, 2.05) is 0 Å². The highest BCUT2D eigenvalue weighted by Crippen LogP contribution is 2.14. The first-order valence-electron chi connectivity index (χ1n) is 6.12. The Kier molecular flexibility index (Phi) is 5.81. The molecule has 0 saturated carbocycles. The van der Waals surface area contributed by atoms with Crippen LogP contribution in [0.15, 0.2) is 23.1 Å². The molecule has 1 rings (SSSR count). The van der Waals surface area contributed by atoms with Crippen LogP contribution in [0, 0.1) is 17.1 Å². The summed E-state index contributed by atoms with van der Waals surface area (Å²) in [6, 6.07) is 4.27. The molecular weight excluding hydrogens is 299 g/mol. The van der Waals surface area contributed by atoms with E-state index in [9.17, 15) is 17.6 Å². The highest BCUT2D eigenvalue weighted by molar-refractivity contribution is 7.90. The number of hydrogen-bond acceptors (Lipinski definition) is 5. The van der Waals surface area contributed by atoms with Gasteiger partial charge in [0.25, 0.3) is 10.0 Å². The van der Waals surface area contributed by atoms with Gasteiger partial charge >= 0.3 is 0 Å². The first kappa shape index (κ1) is 17.1. The Balaban J connectivity index is 2.80. The van der Waals surface area contributed by atoms with E-state index in [1.54, 1.807) is 24.6 Å². The number of nitrogens with one attached hydrogen (secondary N) is 1. The number of sulfonamides is 1. The third-order valence-corrected chi connectivity index (χ3v) is 3.69. The Morgan fingerprint density at radius 2 is 2.10 bits per heavy atom. The van der Waals surface area contributed by atoms with Gasteiger partial charge in [0.2, 0.25) is 5.91 Å². The molecule has 1 amide bonds. The molecule has 0 spiro atoms. The van der Waals surface area contributed by atoms with Crippen molar-refractivity contribution in [1.29, 1.82) is 5.26 Å². The number of halogens is 1. The van der Waals surface area contributed by atoms with Crippen molar-refractivity contribution in [3.05, 3.63) is 29.6 Å². The summed E-state index contributed by atoms with van der Waals surface area (Å²) in [6.45, 7) is 3.64. The van der Waals surface area contributed by atoms with Gasteiger partial charge in [0.15, 0.2) is 0 Å². The average molecular weight is 314 g/mol. The number of hydrogen-bond donors (Lipinski definition) is 1. The smallest absolute Gasteiger partial charge is 0.264 e. The predicted octanol–water partition coefficient (Wildman–Crippen LogP) is 1.32. The van der Waals surface area contributed by atoms with E-state index in [1.165, 1.54) is 0 Å². The molecule has 0 saturated heterocycles. The van der Waals surface area contributed by atoms with Crippen molar-refractivity contribution in [3.63, 3.8) is 0 Å². The van der Waals surface area contributed by atoms with E-state index in [4.69, 9.17) is 10.00 Å². The summed E-state index contributed by atoms with van der Waals surface area (Å²) in [6.07, 6.45) is -0.214. The lowest BCUT2D eigenvalue weighted by Crippen LogP contribution is -2.31. The van der Waals surface area contributed by atoms with Gasteiger partial charge in [-0.05, 0) is 32.0 Å². The zero-order valence-corrected chi connectivity index (χ0v) is 12.4. The van der Waals surface area contributed by atoms with Crippen LogP contribution in [0.5, 0.6) is 0 Å². The van der Waals surface area contributed by atoms with Crippen LogP contribution in [0.4, 0.5) is 4.39 Å². The summed E-state index contributed by atoms with van der Waals surface area (Å²) in [7, 11) is -4.21. The second-order valence-corrected chi connectivity index (χ2v) is 6.17. The van der Waals surface area contributed by atoms with Crippen LogP contribution in [-0.2, 0) is 19.6 Å². The molecular formula is C13H15FN2O4S. The highest BCUT2D eigenvalue weighted by Gasteiger charge is 2.19. The van der Waals surface area contributed by atoms with Crippen LogP contribution in [0.2, 0.25) is 0 Å². The molecule has 0 atom stereocenters. The SMILES string of the molecule is CC(C)OCCC(=O)NS(=O)(=O)c1cc(F)cc(C#N)c1. The maximum absolute atomic E-state index is 13.2. The normalized spacial score (nSPS) is 11.2. The largest absolute Gasteiger partial charge is 0.378 e. The minimum Gasteiger partial charge on any atom is -0.378 e. The molecule has 1 N–H and O–H groups in total. The second kappa shape index (κ2) is 7.15. The fourth-order valence-electron chi connectivity index (χ4n) is 1.43. The Labute approximate surface area is 122 Å². The number of nitrogens with zero attached hydrogens (tertiary/aromatic N) is 1. The summed E-state index contributed by atoms with van der Waals surface area (Å²) in [5.41, 5.74) is -0.147. The number of amides is 1. The van der Waals surface area contributed by atoms with Gasteiger partial charge in [-0.15, -0.1) is 0 Å². The fraction of sp³-hybridized carbons (Fsp3) is 0.385. The molecule has 0 unspecified atom stereocenters. The number of benzene rings is 1. The van der Waals surface area contributed by atoms with Crippen molar-refractivity contribution in [2.24, 2.45) is 0 Å². The summed E-state index contributed by atoms with van der Waals surface area (Å²) in [5.74, 6) is -1.64. The van der Waals surface area contributed by atoms with Gasteiger partial charge in [-0.2, -0.15) is 5.26 Å². The maximum Gasteiger partial charge on any atom is 0.264 e. The number of carbonyl (C=O) groups is 1. The summed E-state index contributed by atoms with van der Waals surface area (Å²) >= 11 is 0. The maximum atomic E-state index is 13.2. The lowest BCUT2D eigenvalue weighted by molar-refractivity contribution is -0.120. The molecule has 1 aromatic rings. The van der Waals surface area contributed by atoms with Crippen molar-refractivity contribution in [2.45, 2.75) is 31.3 Å². The van der Waals surface area contributed by atoms with E-state index in [0.29, 0.717) is 0 Å². The van der Waals surface area contributed by atoms with Crippen molar-refractivity contribution in [2.75, 3.05) is 6.61 Å². The summed E-state index contributed by atoms with van der Waals surface area (Å²) in [5, 5.41) is 8.69.